The largest absolute Gasteiger partial charge is 0.314 e. The van der Waals surface area contributed by atoms with Crippen LogP contribution in [0.5, 0.6) is 0 Å². The van der Waals surface area contributed by atoms with Crippen LogP contribution in [0, 0.1) is 0 Å². The van der Waals surface area contributed by atoms with Crippen molar-refractivity contribution in [1.29, 1.82) is 0 Å². The molecule has 1 aliphatic rings. The van der Waals surface area contributed by atoms with Gasteiger partial charge in [-0.15, -0.1) is 0 Å². The highest BCUT2D eigenvalue weighted by Crippen LogP contribution is 2.14. The molecule has 0 spiro atoms. The van der Waals surface area contributed by atoms with Crippen LogP contribution in [0.15, 0.2) is 6.07 Å². The summed E-state index contributed by atoms with van der Waals surface area (Å²) in [4.78, 5) is 12.2. The molecule has 4 nitrogen and oxygen atoms in total. The Hall–Kier alpha value is -1.16. The van der Waals surface area contributed by atoms with Crippen molar-refractivity contribution in [2.45, 2.75) is 71.4 Å². The summed E-state index contributed by atoms with van der Waals surface area (Å²) in [5.41, 5.74) is 2.16. The zero-order chi connectivity index (χ0) is 14.4. The molecule has 1 aliphatic heterocycles. The van der Waals surface area contributed by atoms with Crippen molar-refractivity contribution in [2.24, 2.45) is 0 Å². The lowest BCUT2D eigenvalue weighted by atomic mass is 9.98. The Morgan fingerprint density at radius 3 is 2.95 bits per heavy atom. The summed E-state index contributed by atoms with van der Waals surface area (Å²) in [6, 6.07) is 2.63. The maximum absolute atomic E-state index is 12.2. The van der Waals surface area contributed by atoms with Crippen LogP contribution in [0.2, 0.25) is 0 Å². The molecule has 1 saturated heterocycles. The van der Waals surface area contributed by atoms with Crippen LogP contribution < -0.4 is 5.32 Å². The maximum atomic E-state index is 12.2. The molecule has 0 aromatic carbocycles. The highest BCUT2D eigenvalue weighted by atomic mass is 16.1. The molecule has 1 N–H and O–H groups in total. The van der Waals surface area contributed by atoms with E-state index in [1.807, 2.05) is 4.68 Å². The fraction of sp³-hybridized carbons (Fsp3) is 0.750. The van der Waals surface area contributed by atoms with Gasteiger partial charge < -0.3 is 5.32 Å². The van der Waals surface area contributed by atoms with Crippen LogP contribution in [-0.2, 0) is 24.2 Å². The Morgan fingerprint density at radius 1 is 1.45 bits per heavy atom. The first-order chi connectivity index (χ1) is 9.72. The molecule has 1 unspecified atom stereocenters. The third kappa shape index (κ3) is 4.17. The van der Waals surface area contributed by atoms with E-state index in [-0.39, 0.29) is 0 Å². The quantitative estimate of drug-likeness (QED) is 0.833. The number of ketones is 1. The summed E-state index contributed by atoms with van der Waals surface area (Å²) < 4.78 is 1.97. The summed E-state index contributed by atoms with van der Waals surface area (Å²) in [5, 5.41) is 8.01. The van der Waals surface area contributed by atoms with Crippen LogP contribution in [0.4, 0.5) is 0 Å². The van der Waals surface area contributed by atoms with Gasteiger partial charge in [0.25, 0.3) is 0 Å². The van der Waals surface area contributed by atoms with Gasteiger partial charge in [0.1, 0.15) is 5.78 Å². The molecule has 0 saturated carbocycles. The van der Waals surface area contributed by atoms with Crippen LogP contribution in [0.1, 0.15) is 57.3 Å². The number of carbonyl (C=O) groups is 1. The summed E-state index contributed by atoms with van der Waals surface area (Å²) in [5.74, 6) is 0.342. The lowest BCUT2D eigenvalue weighted by Gasteiger charge is -2.22. The monoisotopic (exact) mass is 277 g/mol. The number of nitrogens with one attached hydrogen (secondary N) is 1. The van der Waals surface area contributed by atoms with Crippen molar-refractivity contribution in [3.05, 3.63) is 17.5 Å². The number of hydrogen-bond acceptors (Lipinski definition) is 3. The first-order valence-electron chi connectivity index (χ1n) is 8.03. The molecule has 20 heavy (non-hydrogen) atoms. The molecule has 1 aromatic rings. The van der Waals surface area contributed by atoms with E-state index >= 15 is 0 Å². The summed E-state index contributed by atoms with van der Waals surface area (Å²) in [6.07, 6.45) is 6.94. The van der Waals surface area contributed by atoms with E-state index in [9.17, 15) is 4.79 Å². The van der Waals surface area contributed by atoms with Crippen molar-refractivity contribution in [3.8, 4) is 0 Å². The predicted molar refractivity (Wildman–Crippen MR) is 80.9 cm³/mol. The van der Waals surface area contributed by atoms with Gasteiger partial charge in [0, 0.05) is 31.1 Å². The zero-order valence-corrected chi connectivity index (χ0v) is 12.8. The smallest absolute Gasteiger partial charge is 0.138 e. The van der Waals surface area contributed by atoms with Crippen LogP contribution >= 0.6 is 0 Å². The molecule has 2 rings (SSSR count). The summed E-state index contributed by atoms with van der Waals surface area (Å²) in [6.45, 7) is 6.13. The van der Waals surface area contributed by atoms with E-state index in [0.29, 0.717) is 24.7 Å². The Bertz CT molecular complexity index is 433. The molecule has 0 bridgehead atoms. The average molecular weight is 277 g/mol. The van der Waals surface area contributed by atoms with Crippen molar-refractivity contribution in [1.82, 2.24) is 15.1 Å². The van der Waals surface area contributed by atoms with Crippen molar-refractivity contribution < 1.29 is 4.79 Å². The minimum absolute atomic E-state index is 0.342. The highest BCUT2D eigenvalue weighted by molar-refractivity contribution is 5.80. The number of aromatic nitrogens is 2. The van der Waals surface area contributed by atoms with Crippen molar-refractivity contribution in [2.75, 3.05) is 6.54 Å². The van der Waals surface area contributed by atoms with E-state index in [2.05, 4.69) is 30.3 Å². The molecule has 1 fully saturated rings. The Labute approximate surface area is 121 Å². The van der Waals surface area contributed by atoms with Gasteiger partial charge in [0.2, 0.25) is 0 Å². The maximum Gasteiger partial charge on any atom is 0.138 e. The Morgan fingerprint density at radius 2 is 2.30 bits per heavy atom. The molecular formula is C16H27N3O. The normalized spacial score (nSPS) is 19.2. The first-order valence-corrected chi connectivity index (χ1v) is 8.03. The van der Waals surface area contributed by atoms with Gasteiger partial charge in [-0.1, -0.05) is 13.3 Å². The van der Waals surface area contributed by atoms with Gasteiger partial charge in [-0.05, 0) is 45.2 Å². The molecular weight excluding hydrogens is 250 g/mol. The molecule has 112 valence electrons. The number of carbonyl (C=O) groups excluding carboxylic acids is 1. The minimum Gasteiger partial charge on any atom is -0.314 e. The minimum atomic E-state index is 0.342. The van der Waals surface area contributed by atoms with Gasteiger partial charge in [-0.2, -0.15) is 5.10 Å². The number of nitrogens with zero attached hydrogens (tertiary/aromatic N) is 2. The molecule has 4 heteroatoms. The Kier molecular flexibility index (Phi) is 5.77. The van der Waals surface area contributed by atoms with Crippen LogP contribution in [-0.4, -0.2) is 28.2 Å². The number of Topliss-reactive ketones (excluding diaryl/α,β-unsaturated/α-hetero) is 1. The summed E-state index contributed by atoms with van der Waals surface area (Å²) in [7, 11) is 0. The average Bonchev–Trinajstić information content (AvgIpc) is 2.88. The van der Waals surface area contributed by atoms with E-state index in [1.54, 1.807) is 0 Å². The molecule has 1 aromatic heterocycles. The van der Waals surface area contributed by atoms with Gasteiger partial charge in [-0.25, -0.2) is 0 Å². The number of hydrogen-bond donors (Lipinski definition) is 1. The second kappa shape index (κ2) is 7.58. The first kappa shape index (κ1) is 15.2. The predicted octanol–water partition coefficient (Wildman–Crippen LogP) is 2.50. The van der Waals surface area contributed by atoms with E-state index < -0.39 is 0 Å². The third-order valence-corrected chi connectivity index (χ3v) is 4.14. The zero-order valence-electron chi connectivity index (χ0n) is 12.8. The molecule has 0 radical (unpaired) electrons. The lowest BCUT2D eigenvalue weighted by Crippen LogP contribution is -2.34. The molecule has 0 amide bonds. The summed E-state index contributed by atoms with van der Waals surface area (Å²) >= 11 is 0. The van der Waals surface area contributed by atoms with Gasteiger partial charge in [0.15, 0.2) is 0 Å². The van der Waals surface area contributed by atoms with Crippen molar-refractivity contribution in [3.63, 3.8) is 0 Å². The Balaban J connectivity index is 1.82. The lowest BCUT2D eigenvalue weighted by molar-refractivity contribution is -0.118. The number of piperidine rings is 1. The van der Waals surface area contributed by atoms with Gasteiger partial charge in [0.05, 0.1) is 5.69 Å². The SMILES string of the molecule is CCc1cc(CC(=O)CCC2CCCCN2)n(CC)n1. The van der Waals surface area contributed by atoms with Crippen LogP contribution in [0.25, 0.3) is 0 Å². The molecule has 0 aliphatic carbocycles. The fourth-order valence-corrected chi connectivity index (χ4v) is 2.90. The second-order valence-electron chi connectivity index (χ2n) is 5.70. The van der Waals surface area contributed by atoms with E-state index in [0.717, 1.165) is 37.3 Å². The molecule has 2 heterocycles. The van der Waals surface area contributed by atoms with E-state index in [4.69, 9.17) is 0 Å². The van der Waals surface area contributed by atoms with Gasteiger partial charge in [-0.3, -0.25) is 9.48 Å². The van der Waals surface area contributed by atoms with Crippen molar-refractivity contribution >= 4 is 5.78 Å². The van der Waals surface area contributed by atoms with Crippen LogP contribution in [0.3, 0.4) is 0 Å². The number of rotatable bonds is 7. The topological polar surface area (TPSA) is 46.9 Å². The molecule has 1 atom stereocenters. The second-order valence-corrected chi connectivity index (χ2v) is 5.70. The van der Waals surface area contributed by atoms with Gasteiger partial charge >= 0.3 is 0 Å². The highest BCUT2D eigenvalue weighted by Gasteiger charge is 2.15. The third-order valence-electron chi connectivity index (χ3n) is 4.14. The fourth-order valence-electron chi connectivity index (χ4n) is 2.90. The van der Waals surface area contributed by atoms with E-state index in [1.165, 1.54) is 19.3 Å². The standard InChI is InChI=1S/C16H27N3O/c1-3-13-11-15(19(4-2)18-13)12-16(20)9-8-14-7-5-6-10-17-14/h11,14,17H,3-10,12H2,1-2H3. The number of aryl methyl sites for hydroxylation is 2.